The first kappa shape index (κ1) is 17.1. The Morgan fingerprint density at radius 1 is 0.842 bits per heavy atom. The Morgan fingerprint density at radius 3 is 1.58 bits per heavy atom. The van der Waals surface area contributed by atoms with Crippen LogP contribution in [0, 0.1) is 0 Å². The molecule has 0 spiro atoms. The van der Waals surface area contributed by atoms with Crippen molar-refractivity contribution in [1.82, 2.24) is 10.1 Å². The van der Waals surface area contributed by atoms with Crippen molar-refractivity contribution in [3.63, 3.8) is 0 Å². The van der Waals surface area contributed by atoms with E-state index >= 15 is 0 Å². The molecule has 0 unspecified atom stereocenters. The van der Waals surface area contributed by atoms with E-state index in [-0.39, 0.29) is 3.72 Å². The van der Waals surface area contributed by atoms with Crippen molar-refractivity contribution < 1.29 is 17.4 Å². The first-order chi connectivity index (χ1) is 8.85. The van der Waals surface area contributed by atoms with Gasteiger partial charge in [0.2, 0.25) is 0 Å². The quantitative estimate of drug-likeness (QED) is 0.669. The molecular weight excluding hydrogens is 270 g/mol. The summed E-state index contributed by atoms with van der Waals surface area (Å²) in [6.45, 7) is 2.28. The van der Waals surface area contributed by atoms with Crippen LogP contribution >= 0.6 is 0 Å². The molecule has 0 amide bonds. The summed E-state index contributed by atoms with van der Waals surface area (Å²) in [4.78, 5) is 0. The van der Waals surface area contributed by atoms with E-state index in [1.807, 2.05) is 0 Å². The SMILES string of the molecule is CCCC[C]1([Ti]([N](C)C)([N](C)C)[N](C)C)C=CC=C1. The van der Waals surface area contributed by atoms with Crippen molar-refractivity contribution in [3.05, 3.63) is 24.3 Å². The van der Waals surface area contributed by atoms with E-state index in [0.717, 1.165) is 0 Å². The molecule has 0 saturated heterocycles. The zero-order valence-electron chi connectivity index (χ0n) is 13.8. The summed E-state index contributed by atoms with van der Waals surface area (Å²) in [6.07, 6.45) is 13.2. The van der Waals surface area contributed by atoms with Gasteiger partial charge in [0.25, 0.3) is 0 Å². The maximum atomic E-state index is 2.52. The molecule has 0 aromatic carbocycles. The Morgan fingerprint density at radius 2 is 1.26 bits per heavy atom. The molecule has 19 heavy (non-hydrogen) atoms. The molecule has 0 aliphatic heterocycles. The molecule has 3 nitrogen and oxygen atoms in total. The van der Waals surface area contributed by atoms with Gasteiger partial charge in [0.05, 0.1) is 0 Å². The summed E-state index contributed by atoms with van der Waals surface area (Å²) < 4.78 is 7.80. The van der Waals surface area contributed by atoms with Crippen LogP contribution in [0.3, 0.4) is 0 Å². The fraction of sp³-hybridized carbons (Fsp3) is 0.733. The average molecular weight is 301 g/mol. The molecule has 0 heterocycles. The van der Waals surface area contributed by atoms with Crippen LogP contribution in [0.1, 0.15) is 26.2 Å². The Hall–Kier alpha value is 0.0743. The molecule has 4 heteroatoms. The van der Waals surface area contributed by atoms with Crippen LogP contribution in [0.4, 0.5) is 0 Å². The monoisotopic (exact) mass is 301 g/mol. The number of unbranched alkanes of at least 4 members (excludes halogenated alkanes) is 1. The average Bonchev–Trinajstić information content (AvgIpc) is 2.75. The van der Waals surface area contributed by atoms with Gasteiger partial charge in [-0.25, -0.2) is 0 Å². The minimum absolute atomic E-state index is 0.229. The third-order valence-corrected chi connectivity index (χ3v) is 13.0. The summed E-state index contributed by atoms with van der Waals surface area (Å²) in [6, 6.07) is 0. The zero-order chi connectivity index (χ0) is 14.7. The number of hydrogen-bond donors (Lipinski definition) is 0. The summed E-state index contributed by atoms with van der Waals surface area (Å²) in [7, 11) is 13.5. The summed E-state index contributed by atoms with van der Waals surface area (Å²) in [5.74, 6) is 0. The second kappa shape index (κ2) is 6.69. The van der Waals surface area contributed by atoms with Crippen molar-refractivity contribution in [3.8, 4) is 0 Å². The van der Waals surface area contributed by atoms with E-state index in [1.165, 1.54) is 19.3 Å². The second-order valence-electron chi connectivity index (χ2n) is 6.18. The van der Waals surface area contributed by atoms with Gasteiger partial charge < -0.3 is 0 Å². The van der Waals surface area contributed by atoms with Gasteiger partial charge in [0.1, 0.15) is 0 Å². The van der Waals surface area contributed by atoms with Crippen LogP contribution in [0.5, 0.6) is 0 Å². The van der Waals surface area contributed by atoms with E-state index in [1.54, 1.807) is 0 Å². The molecule has 1 rings (SSSR count). The fourth-order valence-electron chi connectivity index (χ4n) is 3.99. The number of allylic oxidation sites excluding steroid dienone is 4. The van der Waals surface area contributed by atoms with Crippen LogP contribution in [-0.2, 0) is 17.4 Å². The van der Waals surface area contributed by atoms with E-state index < -0.39 is 17.4 Å². The predicted molar refractivity (Wildman–Crippen MR) is 81.6 cm³/mol. The molecule has 0 bridgehead atoms. The van der Waals surface area contributed by atoms with Crippen LogP contribution < -0.4 is 0 Å². The Labute approximate surface area is 124 Å². The fourth-order valence-corrected chi connectivity index (χ4v) is 13.4. The van der Waals surface area contributed by atoms with Gasteiger partial charge in [-0.2, -0.15) is 0 Å². The van der Waals surface area contributed by atoms with Crippen molar-refractivity contribution >= 4 is 0 Å². The Kier molecular flexibility index (Phi) is 6.03. The number of rotatable bonds is 7. The third kappa shape index (κ3) is 2.77. The van der Waals surface area contributed by atoms with Gasteiger partial charge in [0, 0.05) is 0 Å². The van der Waals surface area contributed by atoms with Crippen molar-refractivity contribution in [2.45, 2.75) is 29.9 Å². The van der Waals surface area contributed by atoms with Gasteiger partial charge in [-0.05, 0) is 0 Å². The molecule has 0 fully saturated rings. The Balaban J connectivity index is 3.34. The van der Waals surface area contributed by atoms with E-state index in [4.69, 9.17) is 0 Å². The first-order valence-corrected chi connectivity index (χ1v) is 10.1. The summed E-state index contributed by atoms with van der Waals surface area (Å²) in [5, 5.41) is 0. The molecule has 0 radical (unpaired) electrons. The van der Waals surface area contributed by atoms with Crippen LogP contribution in [0.25, 0.3) is 0 Å². The first-order valence-electron chi connectivity index (χ1n) is 7.24. The van der Waals surface area contributed by atoms with Crippen LogP contribution in [0.2, 0.25) is 3.72 Å². The third-order valence-electron chi connectivity index (χ3n) is 4.34. The molecule has 0 atom stereocenters. The van der Waals surface area contributed by atoms with E-state index in [2.05, 4.69) is 83.7 Å². The molecule has 1 aliphatic carbocycles. The molecule has 110 valence electrons. The van der Waals surface area contributed by atoms with Gasteiger partial charge in [-0.1, -0.05) is 0 Å². The van der Waals surface area contributed by atoms with Crippen molar-refractivity contribution in [1.29, 1.82) is 0 Å². The number of hydrogen-bond acceptors (Lipinski definition) is 3. The van der Waals surface area contributed by atoms with Crippen molar-refractivity contribution in [2.75, 3.05) is 42.3 Å². The predicted octanol–water partition coefficient (Wildman–Crippen LogP) is 3.05. The zero-order valence-corrected chi connectivity index (χ0v) is 15.3. The second-order valence-corrected chi connectivity index (χ2v) is 13.8. The molecule has 0 N–H and O–H groups in total. The van der Waals surface area contributed by atoms with E-state index in [0.29, 0.717) is 0 Å². The van der Waals surface area contributed by atoms with Gasteiger partial charge >= 0.3 is 124 Å². The van der Waals surface area contributed by atoms with Gasteiger partial charge in [-0.15, -0.1) is 0 Å². The number of nitrogens with zero attached hydrogens (tertiary/aromatic N) is 3. The molecule has 1 aliphatic rings. The molecular formula is C15H31N3Ti. The summed E-state index contributed by atoms with van der Waals surface area (Å²) >= 11 is -2.59. The standard InChI is InChI=1S/C9H13.3C2H6N.Ti/c1-2-3-6-9-7-4-5-8-9;3*1-3-2;/h4-5,7-8H,2-3,6H2,1H3;3*1-2H3;/q;3*-1;+3. The normalized spacial score (nSPS) is 18.2. The van der Waals surface area contributed by atoms with Crippen LogP contribution in [0.15, 0.2) is 24.3 Å². The van der Waals surface area contributed by atoms with Crippen LogP contribution in [-0.4, -0.2) is 52.4 Å². The Bertz CT molecular complexity index is 312. The molecule has 0 aromatic heterocycles. The summed E-state index contributed by atoms with van der Waals surface area (Å²) in [5.41, 5.74) is 0. The minimum atomic E-state index is -2.59. The van der Waals surface area contributed by atoms with Gasteiger partial charge in [-0.3, -0.25) is 0 Å². The van der Waals surface area contributed by atoms with Crippen molar-refractivity contribution in [2.24, 2.45) is 0 Å². The topological polar surface area (TPSA) is 9.72 Å². The van der Waals surface area contributed by atoms with Gasteiger partial charge in [0.15, 0.2) is 0 Å². The molecule has 0 aromatic rings. The molecule has 0 saturated carbocycles. The maximum absolute atomic E-state index is 2.59. The van der Waals surface area contributed by atoms with E-state index in [9.17, 15) is 0 Å².